The molecule has 6 nitrogen and oxygen atoms in total. The van der Waals surface area contributed by atoms with Gasteiger partial charge in [-0.25, -0.2) is 0 Å². The molecule has 0 fully saturated rings. The number of ether oxygens (including phenoxy) is 1. The molecular formula is C21H16BrN3O3. The molecule has 1 heterocycles. The number of hydrogen-bond donors (Lipinski definition) is 1. The molecule has 7 heteroatoms. The van der Waals surface area contributed by atoms with Gasteiger partial charge in [0.05, 0.1) is 5.52 Å². The number of aromatic hydroxyl groups is 1. The Hall–Kier alpha value is -3.19. The Kier molecular flexibility index (Phi) is 4.83. The van der Waals surface area contributed by atoms with Crippen LogP contribution in [0.2, 0.25) is 0 Å². The highest BCUT2D eigenvalue weighted by atomic mass is 79.9. The van der Waals surface area contributed by atoms with Gasteiger partial charge >= 0.3 is 5.91 Å². The first-order valence-corrected chi connectivity index (χ1v) is 9.35. The van der Waals surface area contributed by atoms with E-state index < -0.39 is 5.91 Å². The van der Waals surface area contributed by atoms with Crippen molar-refractivity contribution in [2.24, 2.45) is 17.3 Å². The van der Waals surface area contributed by atoms with E-state index in [1.54, 1.807) is 17.7 Å². The lowest BCUT2D eigenvalue weighted by molar-refractivity contribution is -0.120. The van der Waals surface area contributed by atoms with Gasteiger partial charge in [-0.05, 0) is 41.1 Å². The molecule has 28 heavy (non-hydrogen) atoms. The van der Waals surface area contributed by atoms with E-state index in [1.807, 2.05) is 54.6 Å². The van der Waals surface area contributed by atoms with Gasteiger partial charge in [0, 0.05) is 16.9 Å². The van der Waals surface area contributed by atoms with Gasteiger partial charge in [0.1, 0.15) is 5.75 Å². The monoisotopic (exact) mass is 437 g/mol. The van der Waals surface area contributed by atoms with E-state index in [9.17, 15) is 9.90 Å². The lowest BCUT2D eigenvalue weighted by atomic mass is 10.1. The van der Waals surface area contributed by atoms with E-state index in [2.05, 4.69) is 26.2 Å². The molecule has 0 aliphatic rings. The first-order chi connectivity index (χ1) is 13.5. The van der Waals surface area contributed by atoms with Crippen molar-refractivity contribution in [2.45, 2.75) is 0 Å². The van der Waals surface area contributed by atoms with Crippen molar-refractivity contribution >= 4 is 49.2 Å². The van der Waals surface area contributed by atoms with Crippen LogP contribution in [-0.4, -0.2) is 22.2 Å². The highest BCUT2D eigenvalue weighted by molar-refractivity contribution is 9.10. The molecule has 1 aromatic heterocycles. The van der Waals surface area contributed by atoms with E-state index in [0.29, 0.717) is 11.1 Å². The van der Waals surface area contributed by atoms with Crippen molar-refractivity contribution in [1.29, 1.82) is 0 Å². The summed E-state index contributed by atoms with van der Waals surface area (Å²) < 4.78 is 7.96. The Morgan fingerprint density at radius 2 is 1.89 bits per heavy atom. The smallest absolute Gasteiger partial charge is 0.302 e. The predicted molar refractivity (Wildman–Crippen MR) is 111 cm³/mol. The predicted octanol–water partition coefficient (Wildman–Crippen LogP) is 5.49. The van der Waals surface area contributed by atoms with Gasteiger partial charge < -0.3 is 14.4 Å². The number of aromatic nitrogens is 1. The van der Waals surface area contributed by atoms with Crippen LogP contribution < -0.4 is 4.74 Å². The van der Waals surface area contributed by atoms with Crippen LogP contribution in [0, 0.1) is 0 Å². The molecule has 3 aromatic carbocycles. The number of fused-ring (bicyclic) bond motifs is 2. The SMILES string of the molecule is Cn1c(O)c(N=NC(=O)COc2ccc3ccccc3c2)c2cc(Br)ccc21. The maximum atomic E-state index is 12.1. The van der Waals surface area contributed by atoms with Crippen molar-refractivity contribution in [3.8, 4) is 11.6 Å². The molecular weight excluding hydrogens is 422 g/mol. The molecule has 1 N–H and O–H groups in total. The van der Waals surface area contributed by atoms with Crippen LogP contribution in [0.1, 0.15) is 0 Å². The number of benzene rings is 3. The minimum Gasteiger partial charge on any atom is -0.493 e. The molecule has 1 amide bonds. The molecule has 0 atom stereocenters. The zero-order valence-electron chi connectivity index (χ0n) is 15.0. The highest BCUT2D eigenvalue weighted by Gasteiger charge is 2.15. The third-order valence-corrected chi connectivity index (χ3v) is 4.94. The third kappa shape index (κ3) is 3.48. The first-order valence-electron chi connectivity index (χ1n) is 8.56. The fraction of sp³-hybridized carbons (Fsp3) is 0.0952. The Bertz CT molecular complexity index is 1230. The summed E-state index contributed by atoms with van der Waals surface area (Å²) in [4.78, 5) is 12.1. The molecule has 0 unspecified atom stereocenters. The van der Waals surface area contributed by atoms with Gasteiger partial charge in [-0.15, -0.1) is 10.2 Å². The standard InChI is InChI=1S/C21H16BrN3O3/c1-25-18-9-7-15(22)11-17(18)20(21(25)27)24-23-19(26)12-28-16-8-6-13-4-2-3-5-14(13)10-16/h2-11,27H,12H2,1H3. The van der Waals surface area contributed by atoms with Crippen LogP contribution in [0.25, 0.3) is 21.7 Å². The number of carbonyl (C=O) groups excluding carboxylic acids is 1. The van der Waals surface area contributed by atoms with Gasteiger partial charge in [0.25, 0.3) is 0 Å². The van der Waals surface area contributed by atoms with Crippen LogP contribution in [0.4, 0.5) is 5.69 Å². The summed E-state index contributed by atoms with van der Waals surface area (Å²) in [6.45, 7) is -0.239. The molecule has 0 aliphatic carbocycles. The molecule has 0 radical (unpaired) electrons. The van der Waals surface area contributed by atoms with Gasteiger partial charge in [-0.3, -0.25) is 4.79 Å². The molecule has 0 bridgehead atoms. The fourth-order valence-electron chi connectivity index (χ4n) is 3.02. The number of nitrogens with zero attached hydrogens (tertiary/aromatic N) is 3. The maximum absolute atomic E-state index is 12.1. The molecule has 140 valence electrons. The molecule has 0 spiro atoms. The zero-order valence-corrected chi connectivity index (χ0v) is 16.5. The minimum absolute atomic E-state index is 0.0555. The zero-order chi connectivity index (χ0) is 19.7. The van der Waals surface area contributed by atoms with Crippen LogP contribution in [0.5, 0.6) is 11.6 Å². The van der Waals surface area contributed by atoms with E-state index in [0.717, 1.165) is 20.8 Å². The third-order valence-electron chi connectivity index (χ3n) is 4.45. The summed E-state index contributed by atoms with van der Waals surface area (Å²) in [5.41, 5.74) is 1.03. The first kappa shape index (κ1) is 18.2. The van der Waals surface area contributed by atoms with E-state index >= 15 is 0 Å². The van der Waals surface area contributed by atoms with Gasteiger partial charge in [0.2, 0.25) is 5.88 Å². The van der Waals surface area contributed by atoms with Crippen molar-refractivity contribution in [2.75, 3.05) is 6.61 Å². The average molecular weight is 438 g/mol. The number of rotatable bonds is 4. The van der Waals surface area contributed by atoms with Crippen LogP contribution >= 0.6 is 15.9 Å². The Morgan fingerprint density at radius 3 is 2.71 bits per heavy atom. The molecule has 4 rings (SSSR count). The fourth-order valence-corrected chi connectivity index (χ4v) is 3.38. The number of amides is 1. The largest absolute Gasteiger partial charge is 0.493 e. The second-order valence-corrected chi connectivity index (χ2v) is 7.20. The molecule has 4 aromatic rings. The molecule has 0 saturated heterocycles. The Balaban J connectivity index is 1.50. The van der Waals surface area contributed by atoms with Crippen molar-refractivity contribution in [3.05, 3.63) is 65.1 Å². The number of halogens is 1. The van der Waals surface area contributed by atoms with Crippen LogP contribution in [0.3, 0.4) is 0 Å². The van der Waals surface area contributed by atoms with Gasteiger partial charge in [0.15, 0.2) is 12.3 Å². The van der Waals surface area contributed by atoms with E-state index in [-0.39, 0.29) is 18.2 Å². The summed E-state index contributed by atoms with van der Waals surface area (Å²) in [5.74, 6) is -0.0150. The van der Waals surface area contributed by atoms with Crippen molar-refractivity contribution in [1.82, 2.24) is 4.57 Å². The summed E-state index contributed by atoms with van der Waals surface area (Å²) >= 11 is 3.40. The lowest BCUT2D eigenvalue weighted by Crippen LogP contribution is -2.07. The normalized spacial score (nSPS) is 11.5. The van der Waals surface area contributed by atoms with Crippen LogP contribution in [0.15, 0.2) is 75.4 Å². The van der Waals surface area contributed by atoms with Gasteiger partial charge in [-0.2, -0.15) is 0 Å². The average Bonchev–Trinajstić information content (AvgIpc) is 2.94. The molecule has 0 aliphatic heterocycles. The second kappa shape index (κ2) is 7.44. The van der Waals surface area contributed by atoms with Gasteiger partial charge in [-0.1, -0.05) is 46.3 Å². The van der Waals surface area contributed by atoms with Crippen LogP contribution in [-0.2, 0) is 11.8 Å². The summed E-state index contributed by atoms with van der Waals surface area (Å²) in [5, 5.41) is 20.8. The maximum Gasteiger partial charge on any atom is 0.302 e. The van der Waals surface area contributed by atoms with Crippen molar-refractivity contribution < 1.29 is 14.6 Å². The quantitative estimate of drug-likeness (QED) is 0.428. The van der Waals surface area contributed by atoms with E-state index in [4.69, 9.17) is 4.74 Å². The summed E-state index contributed by atoms with van der Waals surface area (Å²) in [6.07, 6.45) is 0. The Labute approximate surface area is 169 Å². The van der Waals surface area contributed by atoms with E-state index in [1.165, 1.54) is 0 Å². The molecule has 0 saturated carbocycles. The Morgan fingerprint density at radius 1 is 1.11 bits per heavy atom. The number of carbonyl (C=O) groups is 1. The highest BCUT2D eigenvalue weighted by Crippen LogP contribution is 2.39. The summed E-state index contributed by atoms with van der Waals surface area (Å²) in [7, 11) is 1.72. The summed E-state index contributed by atoms with van der Waals surface area (Å²) in [6, 6.07) is 19.0. The number of azo groups is 1. The number of aryl methyl sites for hydroxylation is 1. The topological polar surface area (TPSA) is 76.2 Å². The minimum atomic E-state index is -0.542. The lowest BCUT2D eigenvalue weighted by Gasteiger charge is -2.04. The number of hydrogen-bond acceptors (Lipinski definition) is 4. The van der Waals surface area contributed by atoms with Crippen molar-refractivity contribution in [3.63, 3.8) is 0 Å². The second-order valence-electron chi connectivity index (χ2n) is 6.28.